The smallest absolute Gasteiger partial charge is 0.308 e. The van der Waals surface area contributed by atoms with Gasteiger partial charge < -0.3 is 29.2 Å². The minimum atomic E-state index is -0.361. The summed E-state index contributed by atoms with van der Waals surface area (Å²) in [5.74, 6) is 0.225. The van der Waals surface area contributed by atoms with E-state index in [2.05, 4.69) is 5.32 Å². The van der Waals surface area contributed by atoms with Crippen LogP contribution in [0.4, 0.5) is 5.69 Å². The maximum atomic E-state index is 13.3. The molecule has 0 aromatic heterocycles. The summed E-state index contributed by atoms with van der Waals surface area (Å²) < 4.78 is 21.9. The van der Waals surface area contributed by atoms with Gasteiger partial charge in [-0.2, -0.15) is 0 Å². The number of hydrogen-bond donors (Lipinski definition) is 1. The summed E-state index contributed by atoms with van der Waals surface area (Å²) >= 11 is 0. The lowest BCUT2D eigenvalue weighted by Gasteiger charge is -2.42. The van der Waals surface area contributed by atoms with Crippen LogP contribution in [-0.2, 0) is 14.3 Å². The van der Waals surface area contributed by atoms with Crippen LogP contribution in [0.25, 0.3) is 0 Å². The van der Waals surface area contributed by atoms with Gasteiger partial charge in [-0.3, -0.25) is 14.4 Å². The van der Waals surface area contributed by atoms with Crippen molar-refractivity contribution in [2.75, 3.05) is 33.2 Å². The van der Waals surface area contributed by atoms with Crippen molar-refractivity contribution >= 4 is 23.5 Å². The molecule has 0 aliphatic carbocycles. The van der Waals surface area contributed by atoms with Gasteiger partial charge >= 0.3 is 5.97 Å². The van der Waals surface area contributed by atoms with Gasteiger partial charge in [-0.1, -0.05) is 0 Å². The summed E-state index contributed by atoms with van der Waals surface area (Å²) in [6.45, 7) is 0.241. The van der Waals surface area contributed by atoms with E-state index >= 15 is 0 Å². The van der Waals surface area contributed by atoms with Crippen molar-refractivity contribution in [1.29, 1.82) is 0 Å². The third-order valence-corrected chi connectivity index (χ3v) is 6.24. The van der Waals surface area contributed by atoms with Gasteiger partial charge in [-0.05, 0) is 55.3 Å². The van der Waals surface area contributed by atoms with E-state index in [-0.39, 0.29) is 49.1 Å². The number of methoxy groups -OCH3 is 2. The Bertz CT molecular complexity index is 1070. The summed E-state index contributed by atoms with van der Waals surface area (Å²) in [5, 5.41) is 2.83. The van der Waals surface area contributed by atoms with Gasteiger partial charge in [0.15, 0.2) is 0 Å². The average molecular weight is 469 g/mol. The monoisotopic (exact) mass is 468 g/mol. The minimum absolute atomic E-state index is 0.172. The van der Waals surface area contributed by atoms with Crippen LogP contribution < -0.4 is 14.8 Å². The van der Waals surface area contributed by atoms with Crippen molar-refractivity contribution in [3.05, 3.63) is 53.6 Å². The second kappa shape index (κ2) is 10.1. The maximum absolute atomic E-state index is 13.3. The summed E-state index contributed by atoms with van der Waals surface area (Å²) in [4.78, 5) is 39.3. The largest absolute Gasteiger partial charge is 0.497 e. The van der Waals surface area contributed by atoms with Gasteiger partial charge in [0.25, 0.3) is 11.8 Å². The first kappa shape index (κ1) is 23.6. The van der Waals surface area contributed by atoms with Crippen molar-refractivity contribution in [2.45, 2.75) is 37.5 Å². The standard InChI is InChI=1S/C25H28N2O7/c1-27-20-10-9-18(13-23(28)32-3)34-22(20)14-33-21-11-6-16(12-19(21)25(27)30)26-24(29)15-4-7-17(31-2)8-5-15/h4-8,11-12,18,20,22H,9-10,13-14H2,1-3H3,(H,26,29)/t18-,20-,22-/m1/s1. The number of esters is 1. The number of carbonyl (C=O) groups is 3. The number of nitrogens with zero attached hydrogens (tertiary/aromatic N) is 1. The Morgan fingerprint density at radius 2 is 1.88 bits per heavy atom. The summed E-state index contributed by atoms with van der Waals surface area (Å²) in [5.41, 5.74) is 1.32. The van der Waals surface area contributed by atoms with Crippen molar-refractivity contribution in [1.82, 2.24) is 4.90 Å². The Labute approximate surface area is 197 Å². The maximum Gasteiger partial charge on any atom is 0.308 e. The molecule has 2 heterocycles. The SMILES string of the molecule is COC(=O)C[C@H]1CC[C@@H]2[C@@H](COc3ccc(NC(=O)c4ccc(OC)cc4)cc3C(=O)N2C)O1. The number of ether oxygens (including phenoxy) is 4. The van der Waals surface area contributed by atoms with Crippen LogP contribution in [-0.4, -0.2) is 68.8 Å². The molecular formula is C25H28N2O7. The van der Waals surface area contributed by atoms with Crippen LogP contribution in [0.3, 0.4) is 0 Å². The molecule has 2 aromatic rings. The van der Waals surface area contributed by atoms with Gasteiger partial charge in [-0.25, -0.2) is 0 Å². The molecule has 2 amide bonds. The third-order valence-electron chi connectivity index (χ3n) is 6.24. The van der Waals surface area contributed by atoms with E-state index in [9.17, 15) is 14.4 Å². The molecule has 0 saturated carbocycles. The first-order valence-electron chi connectivity index (χ1n) is 11.1. The molecule has 2 aromatic carbocycles. The van der Waals surface area contributed by atoms with Gasteiger partial charge in [0.1, 0.15) is 24.2 Å². The number of hydrogen-bond acceptors (Lipinski definition) is 7. The molecule has 3 atom stereocenters. The number of rotatable bonds is 5. The predicted octanol–water partition coefficient (Wildman–Crippen LogP) is 2.89. The van der Waals surface area contributed by atoms with E-state index in [4.69, 9.17) is 18.9 Å². The van der Waals surface area contributed by atoms with Gasteiger partial charge in [0.2, 0.25) is 0 Å². The lowest BCUT2D eigenvalue weighted by Crippen LogP contribution is -2.53. The van der Waals surface area contributed by atoms with Crippen LogP contribution in [0.1, 0.15) is 40.0 Å². The van der Waals surface area contributed by atoms with Crippen LogP contribution in [0.15, 0.2) is 42.5 Å². The van der Waals surface area contributed by atoms with E-state index < -0.39 is 0 Å². The second-order valence-corrected chi connectivity index (χ2v) is 8.34. The van der Waals surface area contributed by atoms with Crippen LogP contribution in [0, 0.1) is 0 Å². The van der Waals surface area contributed by atoms with Crippen molar-refractivity contribution < 1.29 is 33.3 Å². The molecule has 1 saturated heterocycles. The summed E-state index contributed by atoms with van der Waals surface area (Å²) in [7, 11) is 4.65. The lowest BCUT2D eigenvalue weighted by atomic mass is 9.94. The Kier molecular flexibility index (Phi) is 7.02. The Balaban J connectivity index is 1.50. The fraction of sp³-hybridized carbons (Fsp3) is 0.400. The number of carbonyl (C=O) groups excluding carboxylic acids is 3. The first-order valence-corrected chi connectivity index (χ1v) is 11.1. The normalized spacial score (nSPS) is 21.8. The molecule has 0 unspecified atom stereocenters. The number of amides is 2. The van der Waals surface area contributed by atoms with Gasteiger partial charge in [0, 0.05) is 18.3 Å². The Hall–Kier alpha value is -3.59. The fourth-order valence-corrected chi connectivity index (χ4v) is 4.32. The second-order valence-electron chi connectivity index (χ2n) is 8.34. The molecule has 2 aliphatic rings. The molecule has 2 aliphatic heterocycles. The zero-order valence-electron chi connectivity index (χ0n) is 19.4. The van der Waals surface area contributed by atoms with E-state index in [1.165, 1.54) is 7.11 Å². The topological polar surface area (TPSA) is 103 Å². The van der Waals surface area contributed by atoms with Crippen LogP contribution in [0.5, 0.6) is 11.5 Å². The highest BCUT2D eigenvalue weighted by Gasteiger charge is 2.39. The molecule has 0 radical (unpaired) electrons. The highest BCUT2D eigenvalue weighted by Crippen LogP contribution is 2.32. The molecule has 0 bridgehead atoms. The third kappa shape index (κ3) is 4.99. The van der Waals surface area contributed by atoms with Crippen molar-refractivity contribution in [3.63, 3.8) is 0 Å². The number of nitrogens with one attached hydrogen (secondary N) is 1. The highest BCUT2D eigenvalue weighted by atomic mass is 16.6. The predicted molar refractivity (Wildman–Crippen MR) is 123 cm³/mol. The van der Waals surface area contributed by atoms with E-state index in [1.54, 1.807) is 61.5 Å². The fourth-order valence-electron chi connectivity index (χ4n) is 4.32. The van der Waals surface area contributed by atoms with Gasteiger partial charge in [-0.15, -0.1) is 0 Å². The van der Waals surface area contributed by atoms with Crippen LogP contribution in [0.2, 0.25) is 0 Å². The number of fused-ring (bicyclic) bond motifs is 2. The zero-order valence-corrected chi connectivity index (χ0v) is 19.4. The molecule has 34 heavy (non-hydrogen) atoms. The quantitative estimate of drug-likeness (QED) is 0.673. The summed E-state index contributed by atoms with van der Waals surface area (Å²) in [6.07, 6.45) is 0.862. The minimum Gasteiger partial charge on any atom is -0.497 e. The molecular weight excluding hydrogens is 440 g/mol. The van der Waals surface area contributed by atoms with Gasteiger partial charge in [0.05, 0.1) is 38.3 Å². The number of likely N-dealkylation sites (N-methyl/N-ethyl adjacent to an activating group) is 1. The molecule has 4 rings (SSSR count). The lowest BCUT2D eigenvalue weighted by molar-refractivity contribution is -0.151. The van der Waals surface area contributed by atoms with E-state index in [1.807, 2.05) is 0 Å². The number of anilines is 1. The Morgan fingerprint density at radius 3 is 2.59 bits per heavy atom. The molecule has 0 spiro atoms. The molecule has 9 heteroatoms. The molecule has 9 nitrogen and oxygen atoms in total. The molecule has 180 valence electrons. The van der Waals surface area contributed by atoms with E-state index in [0.29, 0.717) is 41.2 Å². The zero-order chi connectivity index (χ0) is 24.2. The summed E-state index contributed by atoms with van der Waals surface area (Å²) in [6, 6.07) is 11.5. The Morgan fingerprint density at radius 1 is 1.12 bits per heavy atom. The number of benzene rings is 2. The average Bonchev–Trinajstić information content (AvgIpc) is 2.86. The molecule has 1 fully saturated rings. The van der Waals surface area contributed by atoms with Crippen molar-refractivity contribution in [3.8, 4) is 11.5 Å². The van der Waals surface area contributed by atoms with Crippen molar-refractivity contribution in [2.24, 2.45) is 0 Å². The molecule has 1 N–H and O–H groups in total. The van der Waals surface area contributed by atoms with Crippen LogP contribution >= 0.6 is 0 Å². The highest BCUT2D eigenvalue weighted by molar-refractivity contribution is 6.05. The van der Waals surface area contributed by atoms with E-state index in [0.717, 1.165) is 0 Å². The first-order chi connectivity index (χ1) is 16.4.